The quantitative estimate of drug-likeness (QED) is 0.474. The summed E-state index contributed by atoms with van der Waals surface area (Å²) in [6.07, 6.45) is 0.663. The molecule has 0 heterocycles. The van der Waals surface area contributed by atoms with Crippen molar-refractivity contribution in [1.29, 1.82) is 0 Å². The topological polar surface area (TPSA) is 54.0 Å². The summed E-state index contributed by atoms with van der Waals surface area (Å²) in [5.74, 6) is 0. The van der Waals surface area contributed by atoms with Crippen LogP contribution >= 0.6 is 7.60 Å². The fraction of sp³-hybridized carbons (Fsp3) is 1.00. The van der Waals surface area contributed by atoms with Crippen molar-refractivity contribution in [2.75, 3.05) is 27.4 Å². The van der Waals surface area contributed by atoms with E-state index in [1.54, 1.807) is 0 Å². The first kappa shape index (κ1) is 16.3. The molecule has 98 valence electrons. The van der Waals surface area contributed by atoms with Gasteiger partial charge in [0.1, 0.15) is 5.28 Å². The molecule has 1 unspecified atom stereocenters. The predicted octanol–water partition coefficient (Wildman–Crippen LogP) is 2.08. The van der Waals surface area contributed by atoms with Crippen LogP contribution in [-0.2, 0) is 22.5 Å². The lowest BCUT2D eigenvalue weighted by Gasteiger charge is -2.28. The molecule has 0 aliphatic rings. The van der Waals surface area contributed by atoms with Gasteiger partial charge in [-0.2, -0.15) is 0 Å². The van der Waals surface area contributed by atoms with Gasteiger partial charge in [0, 0.05) is 27.4 Å². The van der Waals surface area contributed by atoms with Crippen molar-refractivity contribution in [3.63, 3.8) is 0 Å². The molecular formula is C9H23O5PSi. The second-order valence-corrected chi connectivity index (χ2v) is 8.40. The second-order valence-electron chi connectivity index (χ2n) is 3.16. The standard InChI is InChI=1S/C9H23O5PSi/c1-6-9(15(10,11-4)12-5)16(13-7-2)14-8-3/h9,16H,6-8H2,1-5H3. The van der Waals surface area contributed by atoms with Crippen LogP contribution in [0.2, 0.25) is 0 Å². The summed E-state index contributed by atoms with van der Waals surface area (Å²) in [5.41, 5.74) is 0. The SMILES string of the molecule is CCO[SiH](OCC)C(CC)P(=O)(OC)OC. The second kappa shape index (κ2) is 8.39. The van der Waals surface area contributed by atoms with E-state index >= 15 is 0 Å². The van der Waals surface area contributed by atoms with Crippen LogP contribution in [-0.4, -0.2) is 42.0 Å². The summed E-state index contributed by atoms with van der Waals surface area (Å²) in [4.78, 5) is 0. The van der Waals surface area contributed by atoms with Gasteiger partial charge in [0.2, 0.25) is 0 Å². The Morgan fingerprint density at radius 2 is 1.50 bits per heavy atom. The molecule has 7 heteroatoms. The smallest absolute Gasteiger partial charge is 0.336 e. The third kappa shape index (κ3) is 4.28. The monoisotopic (exact) mass is 270 g/mol. The van der Waals surface area contributed by atoms with E-state index in [0.29, 0.717) is 19.6 Å². The Labute approximate surface area is 99.8 Å². The highest BCUT2D eigenvalue weighted by Gasteiger charge is 2.42. The van der Waals surface area contributed by atoms with Crippen LogP contribution < -0.4 is 0 Å². The Hall–Kier alpha value is 0.287. The van der Waals surface area contributed by atoms with Gasteiger partial charge < -0.3 is 17.9 Å². The van der Waals surface area contributed by atoms with Crippen molar-refractivity contribution >= 4 is 16.9 Å². The van der Waals surface area contributed by atoms with E-state index in [2.05, 4.69) is 0 Å². The van der Waals surface area contributed by atoms with Gasteiger partial charge in [-0.05, 0) is 20.3 Å². The molecule has 0 bridgehead atoms. The molecule has 0 aliphatic carbocycles. The minimum atomic E-state index is -3.10. The predicted molar refractivity (Wildman–Crippen MR) is 66.1 cm³/mol. The molecule has 0 amide bonds. The summed E-state index contributed by atoms with van der Waals surface area (Å²) in [7, 11) is -2.32. The number of rotatable bonds is 9. The fourth-order valence-corrected chi connectivity index (χ4v) is 6.67. The van der Waals surface area contributed by atoms with Gasteiger partial charge in [0.05, 0.1) is 0 Å². The van der Waals surface area contributed by atoms with Crippen LogP contribution in [0.4, 0.5) is 0 Å². The molecule has 0 rings (SSSR count). The Bertz CT molecular complexity index is 212. The van der Waals surface area contributed by atoms with E-state index in [4.69, 9.17) is 17.9 Å². The van der Waals surface area contributed by atoms with Gasteiger partial charge in [-0.15, -0.1) is 0 Å². The first-order chi connectivity index (χ1) is 7.59. The fourth-order valence-electron chi connectivity index (χ4n) is 1.51. The van der Waals surface area contributed by atoms with Crippen molar-refractivity contribution in [3.8, 4) is 0 Å². The van der Waals surface area contributed by atoms with Gasteiger partial charge in [0.25, 0.3) is 0 Å². The minimum Gasteiger partial charge on any atom is -0.396 e. The first-order valence-corrected chi connectivity index (χ1v) is 8.76. The van der Waals surface area contributed by atoms with E-state index in [-0.39, 0.29) is 5.28 Å². The Balaban J connectivity index is 4.82. The van der Waals surface area contributed by atoms with E-state index in [9.17, 15) is 4.57 Å². The average molecular weight is 270 g/mol. The maximum absolute atomic E-state index is 12.3. The molecule has 0 saturated carbocycles. The van der Waals surface area contributed by atoms with Crippen molar-refractivity contribution in [1.82, 2.24) is 0 Å². The maximum Gasteiger partial charge on any atom is 0.336 e. The Morgan fingerprint density at radius 3 is 1.75 bits per heavy atom. The molecule has 0 N–H and O–H groups in total. The van der Waals surface area contributed by atoms with Crippen molar-refractivity contribution in [2.45, 2.75) is 32.5 Å². The molecule has 0 fully saturated rings. The molecule has 0 radical (unpaired) electrons. The van der Waals surface area contributed by atoms with E-state index in [1.165, 1.54) is 14.2 Å². The van der Waals surface area contributed by atoms with Gasteiger partial charge in [-0.3, -0.25) is 4.57 Å². The molecule has 1 atom stereocenters. The minimum absolute atomic E-state index is 0.262. The normalized spacial score (nSPS) is 14.4. The zero-order valence-electron chi connectivity index (χ0n) is 10.8. The lowest BCUT2D eigenvalue weighted by molar-refractivity contribution is 0.201. The summed E-state index contributed by atoms with van der Waals surface area (Å²) >= 11 is 0. The van der Waals surface area contributed by atoms with Crippen molar-refractivity contribution in [3.05, 3.63) is 0 Å². The van der Waals surface area contributed by atoms with Crippen LogP contribution in [0, 0.1) is 0 Å². The number of hydrogen-bond acceptors (Lipinski definition) is 5. The molecule has 0 saturated heterocycles. The highest BCUT2D eigenvalue weighted by atomic mass is 31.2. The highest BCUT2D eigenvalue weighted by Crippen LogP contribution is 2.53. The third-order valence-corrected chi connectivity index (χ3v) is 8.75. The summed E-state index contributed by atoms with van der Waals surface area (Å²) in [6.45, 7) is 6.85. The van der Waals surface area contributed by atoms with Crippen LogP contribution in [0.25, 0.3) is 0 Å². The molecule has 0 aliphatic heterocycles. The summed E-state index contributed by atoms with van der Waals surface area (Å²) < 4.78 is 33.5. The first-order valence-electron chi connectivity index (χ1n) is 5.53. The van der Waals surface area contributed by atoms with E-state index < -0.39 is 16.9 Å². The van der Waals surface area contributed by atoms with Crippen LogP contribution in [0.1, 0.15) is 27.2 Å². The maximum atomic E-state index is 12.3. The molecule has 0 aromatic carbocycles. The van der Waals surface area contributed by atoms with Gasteiger partial charge in [-0.1, -0.05) is 6.92 Å². The van der Waals surface area contributed by atoms with E-state index in [0.717, 1.165) is 0 Å². The Kier molecular flexibility index (Phi) is 8.54. The third-order valence-electron chi connectivity index (χ3n) is 2.31. The van der Waals surface area contributed by atoms with Crippen LogP contribution in [0.5, 0.6) is 0 Å². The molecule has 0 aromatic heterocycles. The number of hydrogen-bond donors (Lipinski definition) is 0. The zero-order chi connectivity index (χ0) is 12.6. The average Bonchev–Trinajstić information content (AvgIpc) is 2.30. The zero-order valence-corrected chi connectivity index (χ0v) is 12.8. The lowest BCUT2D eigenvalue weighted by Crippen LogP contribution is -2.37. The van der Waals surface area contributed by atoms with Gasteiger partial charge in [-0.25, -0.2) is 0 Å². The molecule has 5 nitrogen and oxygen atoms in total. The molecule has 0 spiro atoms. The molecular weight excluding hydrogens is 247 g/mol. The van der Waals surface area contributed by atoms with Crippen LogP contribution in [0.3, 0.4) is 0 Å². The van der Waals surface area contributed by atoms with Gasteiger partial charge >= 0.3 is 16.9 Å². The summed E-state index contributed by atoms with van der Waals surface area (Å²) in [5, 5.41) is -0.262. The van der Waals surface area contributed by atoms with Crippen LogP contribution in [0.15, 0.2) is 0 Å². The highest BCUT2D eigenvalue weighted by molar-refractivity contribution is 7.57. The van der Waals surface area contributed by atoms with E-state index in [1.807, 2.05) is 20.8 Å². The van der Waals surface area contributed by atoms with Gasteiger partial charge in [0.15, 0.2) is 0 Å². The summed E-state index contributed by atoms with van der Waals surface area (Å²) in [6, 6.07) is 0. The molecule has 16 heavy (non-hydrogen) atoms. The Morgan fingerprint density at radius 1 is 1.06 bits per heavy atom. The largest absolute Gasteiger partial charge is 0.396 e. The molecule has 0 aromatic rings. The van der Waals surface area contributed by atoms with Crippen molar-refractivity contribution < 1.29 is 22.5 Å². The van der Waals surface area contributed by atoms with Crippen molar-refractivity contribution in [2.24, 2.45) is 0 Å². The lowest BCUT2D eigenvalue weighted by atomic mass is 10.6.